The standard InChI is InChI=1S/C13H25NO2/c1-2-3-4-5-6-7-8-9-10-13(16)14-11-12-15/h4-5,15H,2-3,6-12H2,1H3,(H,14,16)/b5-4+. The predicted molar refractivity (Wildman–Crippen MR) is 67.2 cm³/mol. The molecular weight excluding hydrogens is 202 g/mol. The Labute approximate surface area is 98.9 Å². The zero-order chi connectivity index (χ0) is 12.1. The third-order valence-electron chi connectivity index (χ3n) is 2.33. The number of carbonyl (C=O) groups is 1. The van der Waals surface area contributed by atoms with Gasteiger partial charge in [0.25, 0.3) is 0 Å². The van der Waals surface area contributed by atoms with Crippen LogP contribution in [0.3, 0.4) is 0 Å². The summed E-state index contributed by atoms with van der Waals surface area (Å²) in [6.45, 7) is 2.57. The molecule has 0 radical (unpaired) electrons. The summed E-state index contributed by atoms with van der Waals surface area (Å²) in [5, 5.41) is 11.2. The van der Waals surface area contributed by atoms with Gasteiger partial charge in [-0.25, -0.2) is 0 Å². The minimum absolute atomic E-state index is 0.0218. The Morgan fingerprint density at radius 2 is 1.94 bits per heavy atom. The first-order valence-corrected chi connectivity index (χ1v) is 6.33. The van der Waals surface area contributed by atoms with Gasteiger partial charge in [0.2, 0.25) is 5.91 Å². The van der Waals surface area contributed by atoms with E-state index in [1.807, 2.05) is 0 Å². The molecule has 0 fully saturated rings. The first-order chi connectivity index (χ1) is 7.81. The van der Waals surface area contributed by atoms with E-state index in [0.717, 1.165) is 25.7 Å². The highest BCUT2D eigenvalue weighted by Crippen LogP contribution is 2.04. The summed E-state index contributed by atoms with van der Waals surface area (Å²) in [5.74, 6) is 0.0515. The number of aliphatic hydroxyl groups excluding tert-OH is 1. The van der Waals surface area contributed by atoms with E-state index in [-0.39, 0.29) is 12.5 Å². The topological polar surface area (TPSA) is 49.3 Å². The summed E-state index contributed by atoms with van der Waals surface area (Å²) < 4.78 is 0. The van der Waals surface area contributed by atoms with Crippen molar-refractivity contribution < 1.29 is 9.90 Å². The van der Waals surface area contributed by atoms with Gasteiger partial charge >= 0.3 is 0 Å². The second-order valence-corrected chi connectivity index (χ2v) is 3.93. The second-order valence-electron chi connectivity index (χ2n) is 3.93. The van der Waals surface area contributed by atoms with Crippen molar-refractivity contribution in [3.8, 4) is 0 Å². The summed E-state index contributed by atoms with van der Waals surface area (Å²) in [7, 11) is 0. The van der Waals surface area contributed by atoms with E-state index in [1.54, 1.807) is 0 Å². The number of carbonyl (C=O) groups excluding carboxylic acids is 1. The molecule has 0 saturated carbocycles. The van der Waals surface area contributed by atoms with Gasteiger partial charge in [-0.3, -0.25) is 4.79 Å². The van der Waals surface area contributed by atoms with Gasteiger partial charge in [-0.1, -0.05) is 31.9 Å². The molecule has 0 atom stereocenters. The molecular formula is C13H25NO2. The molecule has 0 saturated heterocycles. The highest BCUT2D eigenvalue weighted by molar-refractivity contribution is 5.75. The number of unbranched alkanes of at least 4 members (excludes halogenated alkanes) is 4. The van der Waals surface area contributed by atoms with Gasteiger partial charge < -0.3 is 10.4 Å². The van der Waals surface area contributed by atoms with E-state index in [1.165, 1.54) is 12.8 Å². The Morgan fingerprint density at radius 3 is 2.62 bits per heavy atom. The average molecular weight is 227 g/mol. The fourth-order valence-electron chi connectivity index (χ4n) is 1.41. The summed E-state index contributed by atoms with van der Waals surface area (Å²) >= 11 is 0. The van der Waals surface area contributed by atoms with Crippen molar-refractivity contribution in [3.05, 3.63) is 12.2 Å². The minimum Gasteiger partial charge on any atom is -0.395 e. The predicted octanol–water partition coefficient (Wildman–Crippen LogP) is 2.40. The van der Waals surface area contributed by atoms with Crippen LogP contribution >= 0.6 is 0 Å². The van der Waals surface area contributed by atoms with E-state index in [0.29, 0.717) is 13.0 Å². The molecule has 16 heavy (non-hydrogen) atoms. The summed E-state index contributed by atoms with van der Waals surface area (Å²) in [6.07, 6.45) is 11.8. The van der Waals surface area contributed by atoms with Crippen molar-refractivity contribution in [2.45, 2.75) is 51.9 Å². The zero-order valence-electron chi connectivity index (χ0n) is 10.4. The molecule has 0 spiro atoms. The molecule has 0 heterocycles. The number of hydrogen-bond donors (Lipinski definition) is 2. The van der Waals surface area contributed by atoms with Crippen molar-refractivity contribution >= 4 is 5.91 Å². The number of amides is 1. The van der Waals surface area contributed by atoms with Crippen molar-refractivity contribution in [2.24, 2.45) is 0 Å². The van der Waals surface area contributed by atoms with Gasteiger partial charge in [0.15, 0.2) is 0 Å². The smallest absolute Gasteiger partial charge is 0.220 e. The van der Waals surface area contributed by atoms with E-state index in [9.17, 15) is 4.79 Å². The van der Waals surface area contributed by atoms with E-state index < -0.39 is 0 Å². The van der Waals surface area contributed by atoms with Crippen LogP contribution in [0.25, 0.3) is 0 Å². The van der Waals surface area contributed by atoms with Crippen LogP contribution < -0.4 is 5.32 Å². The molecule has 0 aliphatic carbocycles. The maximum absolute atomic E-state index is 11.1. The van der Waals surface area contributed by atoms with Crippen molar-refractivity contribution in [1.29, 1.82) is 0 Å². The molecule has 1 amide bonds. The Kier molecular flexibility index (Phi) is 11.6. The number of allylic oxidation sites excluding steroid dienone is 2. The monoisotopic (exact) mass is 227 g/mol. The summed E-state index contributed by atoms with van der Waals surface area (Å²) in [5.41, 5.74) is 0. The van der Waals surface area contributed by atoms with E-state index >= 15 is 0 Å². The lowest BCUT2D eigenvalue weighted by atomic mass is 10.1. The van der Waals surface area contributed by atoms with Gasteiger partial charge in [0.1, 0.15) is 0 Å². The molecule has 0 aromatic rings. The summed E-state index contributed by atoms with van der Waals surface area (Å²) in [6, 6.07) is 0. The number of hydrogen-bond acceptors (Lipinski definition) is 2. The fraction of sp³-hybridized carbons (Fsp3) is 0.769. The summed E-state index contributed by atoms with van der Waals surface area (Å²) in [4.78, 5) is 11.1. The van der Waals surface area contributed by atoms with Crippen LogP contribution in [0.15, 0.2) is 12.2 Å². The molecule has 0 aromatic carbocycles. The van der Waals surface area contributed by atoms with Crippen LogP contribution in [0.5, 0.6) is 0 Å². The quantitative estimate of drug-likeness (QED) is 0.445. The first-order valence-electron chi connectivity index (χ1n) is 6.33. The van der Waals surface area contributed by atoms with E-state index in [4.69, 9.17) is 5.11 Å². The minimum atomic E-state index is 0.0218. The van der Waals surface area contributed by atoms with Crippen molar-refractivity contribution in [1.82, 2.24) is 5.32 Å². The molecule has 0 aliphatic heterocycles. The lowest BCUT2D eigenvalue weighted by Gasteiger charge is -2.02. The van der Waals surface area contributed by atoms with Gasteiger partial charge in [0, 0.05) is 13.0 Å². The maximum atomic E-state index is 11.1. The Morgan fingerprint density at radius 1 is 1.19 bits per heavy atom. The number of rotatable bonds is 10. The fourth-order valence-corrected chi connectivity index (χ4v) is 1.41. The van der Waals surface area contributed by atoms with Crippen LogP contribution in [0.2, 0.25) is 0 Å². The molecule has 0 bridgehead atoms. The molecule has 0 rings (SSSR count). The van der Waals surface area contributed by atoms with Crippen molar-refractivity contribution in [2.75, 3.05) is 13.2 Å². The van der Waals surface area contributed by atoms with Crippen LogP contribution in [0.4, 0.5) is 0 Å². The maximum Gasteiger partial charge on any atom is 0.220 e. The van der Waals surface area contributed by atoms with Gasteiger partial charge in [0.05, 0.1) is 6.61 Å². The third-order valence-corrected chi connectivity index (χ3v) is 2.33. The van der Waals surface area contributed by atoms with Gasteiger partial charge in [-0.15, -0.1) is 0 Å². The second kappa shape index (κ2) is 12.2. The number of nitrogens with one attached hydrogen (secondary N) is 1. The Hall–Kier alpha value is -0.830. The van der Waals surface area contributed by atoms with Crippen LogP contribution in [0.1, 0.15) is 51.9 Å². The lowest BCUT2D eigenvalue weighted by Crippen LogP contribution is -2.25. The van der Waals surface area contributed by atoms with Gasteiger partial charge in [-0.05, 0) is 25.7 Å². The molecule has 3 nitrogen and oxygen atoms in total. The van der Waals surface area contributed by atoms with Crippen LogP contribution in [0, 0.1) is 0 Å². The number of aliphatic hydroxyl groups is 1. The molecule has 3 heteroatoms. The highest BCUT2D eigenvalue weighted by Gasteiger charge is 1.98. The molecule has 0 unspecified atom stereocenters. The van der Waals surface area contributed by atoms with E-state index in [2.05, 4.69) is 24.4 Å². The first kappa shape index (κ1) is 15.2. The molecule has 0 aliphatic rings. The third kappa shape index (κ3) is 11.2. The SMILES string of the molecule is CCC/C=C/CCCCCC(=O)NCCO. The molecule has 0 aromatic heterocycles. The largest absolute Gasteiger partial charge is 0.395 e. The normalized spacial score (nSPS) is 10.9. The Bertz CT molecular complexity index is 190. The Balaban J connectivity index is 3.17. The van der Waals surface area contributed by atoms with Crippen molar-refractivity contribution in [3.63, 3.8) is 0 Å². The molecule has 94 valence electrons. The van der Waals surface area contributed by atoms with Crippen LogP contribution in [-0.4, -0.2) is 24.2 Å². The average Bonchev–Trinajstić information content (AvgIpc) is 2.30. The highest BCUT2D eigenvalue weighted by atomic mass is 16.3. The zero-order valence-corrected chi connectivity index (χ0v) is 10.4. The van der Waals surface area contributed by atoms with Gasteiger partial charge in [-0.2, -0.15) is 0 Å². The lowest BCUT2D eigenvalue weighted by molar-refractivity contribution is -0.121. The van der Waals surface area contributed by atoms with Crippen LogP contribution in [-0.2, 0) is 4.79 Å². The molecule has 2 N–H and O–H groups in total.